The maximum Gasteiger partial charge on any atom is -0.0246 e. The van der Waals surface area contributed by atoms with Gasteiger partial charge in [0.15, 0.2) is 0 Å². The molecule has 2 aliphatic carbocycles. The van der Waals surface area contributed by atoms with Crippen molar-refractivity contribution in [2.75, 3.05) is 0 Å². The molecule has 0 bridgehead atoms. The van der Waals surface area contributed by atoms with Crippen molar-refractivity contribution in [2.45, 2.75) is 12.8 Å². The van der Waals surface area contributed by atoms with E-state index < -0.39 is 0 Å². The van der Waals surface area contributed by atoms with Gasteiger partial charge in [-0.2, -0.15) is 6.08 Å². The van der Waals surface area contributed by atoms with E-state index in [9.17, 15) is 0 Å². The first-order chi connectivity index (χ1) is 12.3. The summed E-state index contributed by atoms with van der Waals surface area (Å²) in [5, 5.41) is 2.57. The Labute approximate surface area is 218 Å². The van der Waals surface area contributed by atoms with Crippen LogP contribution in [0.5, 0.6) is 0 Å². The molecule has 2 aliphatic rings. The molecule has 0 heterocycles. The largest absolute Gasteiger partial charge is 0.147 e. The van der Waals surface area contributed by atoms with Gasteiger partial charge in [0.2, 0.25) is 0 Å². The molecule has 0 unspecified atom stereocenters. The fraction of sp³-hybridized carbons (Fsp3) is 0.0769. The first-order valence-electron chi connectivity index (χ1n) is 8.36. The summed E-state index contributed by atoms with van der Waals surface area (Å²) in [6.45, 7) is 4.31. The molecule has 31 heavy (non-hydrogen) atoms. The summed E-state index contributed by atoms with van der Waals surface area (Å²) >= 11 is 0.286. The third-order valence-electron chi connectivity index (χ3n) is 4.21. The van der Waals surface area contributed by atoms with E-state index in [0.717, 1.165) is 12.8 Å². The first kappa shape index (κ1) is 37.6. The van der Waals surface area contributed by atoms with Crippen molar-refractivity contribution < 1.29 is 20.5 Å². The van der Waals surface area contributed by atoms with E-state index in [1.165, 1.54) is 33.0 Å². The van der Waals surface area contributed by atoms with Gasteiger partial charge in [-0.05, 0) is 17.5 Å². The number of fused-ring (bicyclic) bond motifs is 5. The van der Waals surface area contributed by atoms with Crippen LogP contribution in [0.3, 0.4) is 0 Å². The summed E-state index contributed by atoms with van der Waals surface area (Å²) in [7, 11) is 0. The second-order valence-corrected chi connectivity index (χ2v) is 18.9. The van der Waals surface area contributed by atoms with Crippen LogP contribution in [0, 0.1) is 41.8 Å². The Kier molecular flexibility index (Phi) is 24.2. The predicted molar refractivity (Wildman–Crippen MR) is 150 cm³/mol. The molecular formula is C26H34Cl2Si2Zr-6. The zero-order valence-electron chi connectivity index (χ0n) is 19.1. The molecule has 3 aromatic carbocycles. The minimum Gasteiger partial charge on any atom is -0.147 e. The molecular weight excluding hydrogens is 531 g/mol. The summed E-state index contributed by atoms with van der Waals surface area (Å²) in [6.07, 6.45) is 11.0. The second kappa shape index (κ2) is 19.9. The number of hydrogen-bond donors (Lipinski definition) is 0. The Bertz CT molecular complexity index is 982. The number of benzene rings is 3. The van der Waals surface area contributed by atoms with Gasteiger partial charge in [-0.1, -0.05) is 42.0 Å². The van der Waals surface area contributed by atoms with Gasteiger partial charge in [-0.25, -0.2) is 12.2 Å². The molecule has 0 nitrogen and oxygen atoms in total. The number of allylic oxidation sites excluding steroid dienone is 4. The van der Waals surface area contributed by atoms with Crippen LogP contribution in [0.2, 0.25) is 0 Å². The van der Waals surface area contributed by atoms with Crippen LogP contribution in [0.4, 0.5) is 0 Å². The Morgan fingerprint density at radius 1 is 0.806 bits per heavy atom. The van der Waals surface area contributed by atoms with Gasteiger partial charge in [-0.15, -0.1) is 71.8 Å². The van der Waals surface area contributed by atoms with E-state index in [-0.39, 0.29) is 75.0 Å². The monoisotopic (exact) mass is 562 g/mol. The maximum atomic E-state index is 3.39. The summed E-state index contributed by atoms with van der Waals surface area (Å²) < 4.78 is 0. The third kappa shape index (κ3) is 9.76. The van der Waals surface area contributed by atoms with Gasteiger partial charge in [0, 0.05) is 0 Å². The summed E-state index contributed by atoms with van der Waals surface area (Å²) in [6, 6.07) is 22.7. The van der Waals surface area contributed by atoms with Gasteiger partial charge in [0.1, 0.15) is 0 Å². The van der Waals surface area contributed by atoms with Crippen LogP contribution in [0.15, 0.2) is 72.8 Å². The van der Waals surface area contributed by atoms with Crippen LogP contribution in [0.25, 0.3) is 21.9 Å². The fourth-order valence-electron chi connectivity index (χ4n) is 3.16. The molecule has 0 aromatic heterocycles. The van der Waals surface area contributed by atoms with Crippen molar-refractivity contribution in [2.24, 2.45) is 0 Å². The molecule has 0 N–H and O–H groups in total. The van der Waals surface area contributed by atoms with E-state index in [1.54, 1.807) is 0 Å². The Balaban J connectivity index is -0.000000228. The summed E-state index contributed by atoms with van der Waals surface area (Å²) in [5.74, 6) is 0. The van der Waals surface area contributed by atoms with Crippen LogP contribution < -0.4 is 0 Å². The average molecular weight is 565 g/mol. The van der Waals surface area contributed by atoms with E-state index in [2.05, 4.69) is 80.5 Å². The average Bonchev–Trinajstić information content (AvgIpc) is 3.34. The van der Waals surface area contributed by atoms with Crippen molar-refractivity contribution in [1.82, 2.24) is 0 Å². The Morgan fingerprint density at radius 2 is 1.48 bits per heavy atom. The minimum atomic E-state index is 0. The Morgan fingerprint density at radius 3 is 2.06 bits per heavy atom. The molecule has 170 valence electrons. The van der Waals surface area contributed by atoms with E-state index in [1.807, 2.05) is 18.2 Å². The molecule has 0 amide bonds. The van der Waals surface area contributed by atoms with Gasteiger partial charge >= 0.3 is 34.2 Å². The number of hydrogen-bond acceptors (Lipinski definition) is 0. The SMILES string of the molecule is Cl.Cl.[C-]1=CC=CC1.[CH3-].[CH3-].[CH3-].[CH3-].[SiH2]=[Zr]=[SiH2].[c-]1cccc2ccc3c(c12)Cc1ccccc1-3. The predicted octanol–water partition coefficient (Wildman–Crippen LogP) is 6.33. The second-order valence-electron chi connectivity index (χ2n) is 5.81. The molecule has 0 fully saturated rings. The molecule has 0 saturated carbocycles. The topological polar surface area (TPSA) is 0 Å². The van der Waals surface area contributed by atoms with E-state index in [4.69, 9.17) is 0 Å². The minimum absolute atomic E-state index is 0. The smallest absolute Gasteiger partial charge is 0.0246 e. The molecule has 0 atom stereocenters. The quantitative estimate of drug-likeness (QED) is 0.173. The first-order valence-corrected chi connectivity index (χ1v) is 20.2. The van der Waals surface area contributed by atoms with Crippen LogP contribution in [-0.2, 0) is 26.9 Å². The third-order valence-corrected chi connectivity index (χ3v) is 4.21. The van der Waals surface area contributed by atoms with Gasteiger partial charge in [0.25, 0.3) is 0 Å². The molecule has 0 saturated heterocycles. The van der Waals surface area contributed by atoms with Crippen molar-refractivity contribution in [3.05, 3.63) is 126 Å². The molecule has 0 aliphatic heterocycles. The van der Waals surface area contributed by atoms with Crippen LogP contribution >= 0.6 is 24.8 Å². The van der Waals surface area contributed by atoms with E-state index in [0.29, 0.717) is 0 Å². The fourth-order valence-corrected chi connectivity index (χ4v) is 3.16. The van der Waals surface area contributed by atoms with Gasteiger partial charge < -0.3 is 29.7 Å². The number of halogens is 2. The molecule has 0 radical (unpaired) electrons. The van der Waals surface area contributed by atoms with Gasteiger partial charge in [0.05, 0.1) is 0 Å². The normalized spacial score (nSPS) is 9.94. The zero-order valence-corrected chi connectivity index (χ0v) is 26.0. The van der Waals surface area contributed by atoms with E-state index >= 15 is 0 Å². The van der Waals surface area contributed by atoms with Crippen molar-refractivity contribution in [3.8, 4) is 11.1 Å². The molecule has 0 spiro atoms. The summed E-state index contributed by atoms with van der Waals surface area (Å²) in [4.78, 5) is 0. The molecule has 5 heteroatoms. The molecule has 3 aromatic rings. The number of rotatable bonds is 0. The van der Waals surface area contributed by atoms with Crippen LogP contribution in [-0.4, -0.2) is 13.8 Å². The Hall–Kier alpha value is -0.703. The standard InChI is InChI=1S/C17H11.C5H5.4CH3.2ClH.2H2Si.Zr/c1-3-7-14-12(5-1)9-10-16-15-8-4-2-6-13(15)11-17(14)16;1-2-4-5-3-1;;;;;;;;;/h1-6,8-10H,11H2;1-3H,4H2;4*1H3;2*1H;2*1H2;/q6*-1;;;;;. The molecule has 5 rings (SSSR count). The maximum absolute atomic E-state index is 3.39. The van der Waals surface area contributed by atoms with Gasteiger partial charge in [-0.3, -0.25) is 6.08 Å². The summed E-state index contributed by atoms with van der Waals surface area (Å²) in [5.41, 5.74) is 5.65. The van der Waals surface area contributed by atoms with Crippen molar-refractivity contribution in [3.63, 3.8) is 0 Å². The zero-order chi connectivity index (χ0) is 17.5. The van der Waals surface area contributed by atoms with Crippen LogP contribution in [0.1, 0.15) is 17.5 Å². The van der Waals surface area contributed by atoms with Crippen molar-refractivity contribution >= 4 is 49.3 Å². The van der Waals surface area contributed by atoms with Crippen molar-refractivity contribution in [1.29, 1.82) is 0 Å².